The van der Waals surface area contributed by atoms with Crippen molar-refractivity contribution in [2.75, 3.05) is 9.80 Å². The Hall–Kier alpha value is -8.20. The van der Waals surface area contributed by atoms with Crippen molar-refractivity contribution < 1.29 is 0 Å². The Morgan fingerprint density at radius 1 is 0.211 bits per heavy atom. The molecule has 0 aromatic heterocycles. The van der Waals surface area contributed by atoms with Crippen LogP contribution in [0.2, 0.25) is 0 Å². The second-order valence-electron chi connectivity index (χ2n) is 21.4. The molecule has 10 aromatic carbocycles. The lowest BCUT2D eigenvalue weighted by molar-refractivity contribution is 0.660. The van der Waals surface area contributed by atoms with Crippen LogP contribution in [0.1, 0.15) is 74.9 Å². The molecule has 0 aliphatic heterocycles. The highest BCUT2D eigenvalue weighted by atomic mass is 15.1. The van der Waals surface area contributed by atoms with E-state index in [1.807, 2.05) is 0 Å². The molecule has 0 bridgehead atoms. The molecule has 0 fully saturated rings. The summed E-state index contributed by atoms with van der Waals surface area (Å²) < 4.78 is 0. The molecule has 10 aromatic rings. The number of fused-ring (bicyclic) bond motifs is 9. The van der Waals surface area contributed by atoms with Crippen molar-refractivity contribution in [2.45, 2.75) is 57.8 Å². The Morgan fingerprint density at radius 3 is 0.789 bits per heavy atom. The first-order chi connectivity index (χ1) is 34.5. The lowest BCUT2D eigenvalue weighted by atomic mass is 9.82. The first kappa shape index (κ1) is 42.9. The van der Waals surface area contributed by atoms with Crippen LogP contribution in [0.25, 0.3) is 55.6 Å². The van der Waals surface area contributed by atoms with Crippen LogP contribution in [0.15, 0.2) is 231 Å². The van der Waals surface area contributed by atoms with Crippen molar-refractivity contribution in [3.05, 3.63) is 264 Å². The summed E-state index contributed by atoms with van der Waals surface area (Å²) in [5, 5.41) is 0. The average Bonchev–Trinajstić information content (AvgIpc) is 3.89. The van der Waals surface area contributed by atoms with Gasteiger partial charge in [0.05, 0.1) is 0 Å². The van der Waals surface area contributed by atoms with E-state index >= 15 is 0 Å². The van der Waals surface area contributed by atoms with Crippen LogP contribution in [0.3, 0.4) is 0 Å². The van der Waals surface area contributed by atoms with Gasteiger partial charge in [-0.25, -0.2) is 0 Å². The highest BCUT2D eigenvalue weighted by Crippen LogP contribution is 2.54. The minimum Gasteiger partial charge on any atom is -0.310 e. The van der Waals surface area contributed by atoms with Crippen molar-refractivity contribution in [1.29, 1.82) is 0 Å². The van der Waals surface area contributed by atoms with E-state index in [4.69, 9.17) is 0 Å². The standard InChI is InChI=1S/C69H56N2/c1-67(2)61-21-13-10-18-55(61)58-39-36-52(42-64(58)67)70(49-16-8-7-9-17-49)50-32-28-47(29-33-50)45-24-26-46(27-25-45)48-30-34-51(35-31-48)71(53-37-40-59-56-19-11-14-22-62(56)68(3,4)65(59)43-53)54-38-41-60-57-20-12-15-23-63(57)69(5,6)66(60)44-54/h7-44H,1-6H3. The number of hydrogen-bond acceptors (Lipinski definition) is 2. The molecule has 0 N–H and O–H groups in total. The number of rotatable bonds is 8. The molecule has 342 valence electrons. The summed E-state index contributed by atoms with van der Waals surface area (Å²) in [6.07, 6.45) is 0. The largest absolute Gasteiger partial charge is 0.310 e. The molecule has 0 saturated carbocycles. The maximum atomic E-state index is 2.46. The third-order valence-electron chi connectivity index (χ3n) is 16.3. The van der Waals surface area contributed by atoms with Crippen molar-refractivity contribution >= 4 is 34.1 Å². The predicted octanol–water partition coefficient (Wildman–Crippen LogP) is 18.9. The quantitative estimate of drug-likeness (QED) is 0.150. The smallest absolute Gasteiger partial charge is 0.0465 e. The van der Waals surface area contributed by atoms with Gasteiger partial charge in [-0.2, -0.15) is 0 Å². The van der Waals surface area contributed by atoms with Gasteiger partial charge in [-0.1, -0.05) is 199 Å². The lowest BCUT2D eigenvalue weighted by Crippen LogP contribution is -2.18. The van der Waals surface area contributed by atoms with Gasteiger partial charge in [0.2, 0.25) is 0 Å². The Labute approximate surface area is 419 Å². The molecule has 2 heteroatoms. The van der Waals surface area contributed by atoms with E-state index in [2.05, 4.69) is 282 Å². The second-order valence-corrected chi connectivity index (χ2v) is 21.4. The third-order valence-corrected chi connectivity index (χ3v) is 16.3. The molecule has 2 nitrogen and oxygen atoms in total. The lowest BCUT2D eigenvalue weighted by Gasteiger charge is -2.30. The number of para-hydroxylation sites is 1. The van der Waals surface area contributed by atoms with E-state index in [9.17, 15) is 0 Å². The van der Waals surface area contributed by atoms with Crippen molar-refractivity contribution in [3.8, 4) is 55.6 Å². The molecule has 13 rings (SSSR count). The van der Waals surface area contributed by atoms with Crippen LogP contribution in [-0.2, 0) is 16.2 Å². The van der Waals surface area contributed by atoms with Crippen LogP contribution in [0.4, 0.5) is 34.1 Å². The molecule has 0 heterocycles. The minimum atomic E-state index is -0.107. The summed E-state index contributed by atoms with van der Waals surface area (Å²) in [5.41, 5.74) is 27.6. The Balaban J connectivity index is 0.811. The zero-order valence-corrected chi connectivity index (χ0v) is 41.3. The zero-order valence-electron chi connectivity index (χ0n) is 41.3. The van der Waals surface area contributed by atoms with E-state index < -0.39 is 0 Å². The monoisotopic (exact) mass is 912 g/mol. The van der Waals surface area contributed by atoms with Crippen LogP contribution < -0.4 is 9.80 Å². The number of hydrogen-bond donors (Lipinski definition) is 0. The summed E-state index contributed by atoms with van der Waals surface area (Å²) in [5.74, 6) is 0. The molecule has 0 saturated heterocycles. The normalized spacial score (nSPS) is 14.7. The average molecular weight is 913 g/mol. The third kappa shape index (κ3) is 6.69. The maximum absolute atomic E-state index is 2.46. The molecule has 0 unspecified atom stereocenters. The van der Waals surface area contributed by atoms with E-state index in [1.165, 1.54) is 89.0 Å². The van der Waals surface area contributed by atoms with Gasteiger partial charge in [0, 0.05) is 50.4 Å². The molecule has 0 atom stereocenters. The number of benzene rings is 10. The van der Waals surface area contributed by atoms with Crippen LogP contribution >= 0.6 is 0 Å². The predicted molar refractivity (Wildman–Crippen MR) is 299 cm³/mol. The summed E-state index contributed by atoms with van der Waals surface area (Å²) in [7, 11) is 0. The van der Waals surface area contributed by atoms with Gasteiger partial charge < -0.3 is 9.80 Å². The van der Waals surface area contributed by atoms with E-state index in [-0.39, 0.29) is 16.2 Å². The molecule has 0 amide bonds. The van der Waals surface area contributed by atoms with Gasteiger partial charge in [0.1, 0.15) is 0 Å². The van der Waals surface area contributed by atoms with Gasteiger partial charge in [0.15, 0.2) is 0 Å². The van der Waals surface area contributed by atoms with Gasteiger partial charge in [-0.3, -0.25) is 0 Å². The van der Waals surface area contributed by atoms with Gasteiger partial charge >= 0.3 is 0 Å². The van der Waals surface area contributed by atoms with Gasteiger partial charge in [-0.05, 0) is 162 Å². The van der Waals surface area contributed by atoms with Gasteiger partial charge in [0.25, 0.3) is 0 Å². The number of nitrogens with zero attached hydrogens (tertiary/aromatic N) is 2. The summed E-state index contributed by atoms with van der Waals surface area (Å²) in [6, 6.07) is 85.8. The fraction of sp³-hybridized carbons (Fsp3) is 0.130. The van der Waals surface area contributed by atoms with Crippen molar-refractivity contribution in [2.24, 2.45) is 0 Å². The SMILES string of the molecule is CC1(C)c2ccccc2-c2ccc(N(c3ccccc3)c3ccc(-c4ccc(-c5ccc(N(c6ccc7c(c6)C(C)(C)c6ccccc6-7)c6ccc7c(c6)C(C)(C)c6ccccc6-7)cc5)cc4)cc3)cc21. The summed E-state index contributed by atoms with van der Waals surface area (Å²) in [6.45, 7) is 14.2. The Bertz CT molecular complexity index is 3600. The summed E-state index contributed by atoms with van der Waals surface area (Å²) in [4.78, 5) is 4.84. The van der Waals surface area contributed by atoms with E-state index in [1.54, 1.807) is 0 Å². The molecule has 3 aliphatic carbocycles. The maximum Gasteiger partial charge on any atom is 0.0465 e. The number of anilines is 6. The van der Waals surface area contributed by atoms with Crippen LogP contribution in [0, 0.1) is 0 Å². The minimum absolute atomic E-state index is 0.0784. The van der Waals surface area contributed by atoms with Gasteiger partial charge in [-0.15, -0.1) is 0 Å². The first-order valence-corrected chi connectivity index (χ1v) is 25.2. The molecule has 0 radical (unpaired) electrons. The molecule has 71 heavy (non-hydrogen) atoms. The molecule has 3 aliphatic rings. The van der Waals surface area contributed by atoms with Crippen molar-refractivity contribution in [3.63, 3.8) is 0 Å². The Kier molecular flexibility index (Phi) is 9.61. The van der Waals surface area contributed by atoms with E-state index in [0.29, 0.717) is 0 Å². The Morgan fingerprint density at radius 2 is 0.451 bits per heavy atom. The first-order valence-electron chi connectivity index (χ1n) is 25.2. The molecular weight excluding hydrogens is 857 g/mol. The van der Waals surface area contributed by atoms with Crippen LogP contribution in [-0.4, -0.2) is 0 Å². The molecular formula is C69H56N2. The van der Waals surface area contributed by atoms with E-state index in [0.717, 1.165) is 34.1 Å². The summed E-state index contributed by atoms with van der Waals surface area (Å²) >= 11 is 0. The zero-order chi connectivity index (χ0) is 48.2. The fourth-order valence-electron chi connectivity index (χ4n) is 12.4. The fourth-order valence-corrected chi connectivity index (χ4v) is 12.4. The topological polar surface area (TPSA) is 6.48 Å². The highest BCUT2D eigenvalue weighted by Gasteiger charge is 2.39. The second kappa shape index (κ2) is 15.9. The molecule has 0 spiro atoms. The van der Waals surface area contributed by atoms with Crippen LogP contribution in [0.5, 0.6) is 0 Å². The van der Waals surface area contributed by atoms with Crippen molar-refractivity contribution in [1.82, 2.24) is 0 Å². The highest BCUT2D eigenvalue weighted by molar-refractivity contribution is 5.90.